The van der Waals surface area contributed by atoms with Gasteiger partial charge in [-0.1, -0.05) is 11.6 Å². The van der Waals surface area contributed by atoms with Gasteiger partial charge in [0.1, 0.15) is 17.2 Å². The summed E-state index contributed by atoms with van der Waals surface area (Å²) >= 11 is 6.06. The molecule has 1 unspecified atom stereocenters. The van der Waals surface area contributed by atoms with E-state index in [9.17, 15) is 0 Å². The van der Waals surface area contributed by atoms with Gasteiger partial charge in [0, 0.05) is 25.2 Å². The zero-order valence-electron chi connectivity index (χ0n) is 9.56. The number of aromatic nitrogens is 2. The number of rotatable bonds is 3. The molecule has 1 saturated carbocycles. The lowest BCUT2D eigenvalue weighted by Gasteiger charge is -2.16. The first-order valence-electron chi connectivity index (χ1n) is 6.00. The molecule has 17 heavy (non-hydrogen) atoms. The molecule has 2 heterocycles. The van der Waals surface area contributed by atoms with Crippen molar-refractivity contribution in [1.29, 1.82) is 0 Å². The van der Waals surface area contributed by atoms with Crippen LogP contribution in [0, 0.1) is 0 Å². The topological polar surface area (TPSA) is 67.1 Å². The van der Waals surface area contributed by atoms with Gasteiger partial charge >= 0.3 is 0 Å². The fourth-order valence-corrected chi connectivity index (χ4v) is 2.51. The lowest BCUT2D eigenvalue weighted by Crippen LogP contribution is -2.28. The Hall–Kier alpha value is -1.07. The minimum atomic E-state index is 0.334. The van der Waals surface area contributed by atoms with E-state index in [4.69, 9.17) is 17.3 Å². The molecule has 5 nitrogen and oxygen atoms in total. The van der Waals surface area contributed by atoms with Crippen LogP contribution in [0.4, 0.5) is 11.6 Å². The first kappa shape index (κ1) is 11.0. The maximum atomic E-state index is 6.06. The minimum absolute atomic E-state index is 0.334. The maximum Gasteiger partial charge on any atom is 0.150 e. The van der Waals surface area contributed by atoms with Crippen LogP contribution in [-0.4, -0.2) is 40.0 Å². The summed E-state index contributed by atoms with van der Waals surface area (Å²) in [7, 11) is 0. The van der Waals surface area contributed by atoms with Crippen molar-refractivity contribution in [1.82, 2.24) is 14.9 Å². The van der Waals surface area contributed by atoms with Crippen LogP contribution in [0.2, 0.25) is 5.02 Å². The summed E-state index contributed by atoms with van der Waals surface area (Å²) in [6.07, 6.45) is 5.29. The molecule has 1 aromatic rings. The van der Waals surface area contributed by atoms with Crippen molar-refractivity contribution < 1.29 is 0 Å². The number of nitrogens with two attached hydrogens (primary N) is 1. The molecule has 1 aliphatic carbocycles. The Morgan fingerprint density at radius 1 is 1.35 bits per heavy atom. The van der Waals surface area contributed by atoms with Gasteiger partial charge in [-0.05, 0) is 19.3 Å². The van der Waals surface area contributed by atoms with Crippen LogP contribution in [0.3, 0.4) is 0 Å². The highest BCUT2D eigenvalue weighted by atomic mass is 35.5. The van der Waals surface area contributed by atoms with E-state index >= 15 is 0 Å². The fraction of sp³-hybridized carbons (Fsp3) is 0.636. The van der Waals surface area contributed by atoms with Crippen LogP contribution in [0.25, 0.3) is 0 Å². The van der Waals surface area contributed by atoms with Gasteiger partial charge in [0.05, 0.1) is 0 Å². The molecule has 92 valence electrons. The number of anilines is 2. The predicted molar refractivity (Wildman–Crippen MR) is 68.1 cm³/mol. The summed E-state index contributed by atoms with van der Waals surface area (Å²) in [4.78, 5) is 10.5. The third-order valence-electron chi connectivity index (χ3n) is 3.44. The van der Waals surface area contributed by atoms with E-state index in [0.29, 0.717) is 22.7 Å². The van der Waals surface area contributed by atoms with Crippen LogP contribution < -0.4 is 11.1 Å². The van der Waals surface area contributed by atoms with E-state index in [1.165, 1.54) is 25.7 Å². The second kappa shape index (κ2) is 4.31. The van der Waals surface area contributed by atoms with Gasteiger partial charge in [-0.3, -0.25) is 4.90 Å². The first-order chi connectivity index (χ1) is 8.24. The molecule has 0 radical (unpaired) electrons. The van der Waals surface area contributed by atoms with Crippen LogP contribution in [0.15, 0.2) is 6.33 Å². The van der Waals surface area contributed by atoms with E-state index in [1.807, 2.05) is 0 Å². The number of nitrogen functional groups attached to an aromatic ring is 1. The number of hydrogen-bond donors (Lipinski definition) is 2. The zero-order chi connectivity index (χ0) is 11.8. The highest BCUT2D eigenvalue weighted by Crippen LogP contribution is 2.31. The molecule has 1 aliphatic heterocycles. The Bertz CT molecular complexity index is 420. The Morgan fingerprint density at radius 2 is 2.18 bits per heavy atom. The predicted octanol–water partition coefficient (Wildman–Crippen LogP) is 1.36. The summed E-state index contributed by atoms with van der Waals surface area (Å²) in [5.41, 5.74) is 5.65. The van der Waals surface area contributed by atoms with Crippen molar-refractivity contribution in [3.63, 3.8) is 0 Å². The van der Waals surface area contributed by atoms with Gasteiger partial charge in [-0.2, -0.15) is 0 Å². The van der Waals surface area contributed by atoms with Crippen molar-refractivity contribution in [2.75, 3.05) is 24.1 Å². The van der Waals surface area contributed by atoms with E-state index in [1.54, 1.807) is 0 Å². The van der Waals surface area contributed by atoms with Gasteiger partial charge in [0.2, 0.25) is 0 Å². The summed E-state index contributed by atoms with van der Waals surface area (Å²) in [5.74, 6) is 0.989. The summed E-state index contributed by atoms with van der Waals surface area (Å²) in [6.45, 7) is 2.24. The quantitative estimate of drug-likeness (QED) is 0.852. The molecule has 0 spiro atoms. The van der Waals surface area contributed by atoms with E-state index in [0.717, 1.165) is 19.0 Å². The van der Waals surface area contributed by atoms with Crippen molar-refractivity contribution in [2.24, 2.45) is 0 Å². The number of hydrogen-bond acceptors (Lipinski definition) is 5. The molecule has 2 fully saturated rings. The second-order valence-electron chi connectivity index (χ2n) is 4.78. The lowest BCUT2D eigenvalue weighted by atomic mass is 10.2. The summed E-state index contributed by atoms with van der Waals surface area (Å²) in [6, 6.07) is 1.25. The van der Waals surface area contributed by atoms with Crippen molar-refractivity contribution >= 4 is 23.2 Å². The molecule has 1 aromatic heterocycles. The van der Waals surface area contributed by atoms with Crippen molar-refractivity contribution in [2.45, 2.75) is 31.3 Å². The van der Waals surface area contributed by atoms with E-state index in [-0.39, 0.29) is 0 Å². The average Bonchev–Trinajstić information content (AvgIpc) is 3.06. The molecule has 3 N–H and O–H groups in total. The van der Waals surface area contributed by atoms with Crippen LogP contribution in [-0.2, 0) is 0 Å². The Morgan fingerprint density at radius 3 is 2.94 bits per heavy atom. The smallest absolute Gasteiger partial charge is 0.150 e. The van der Waals surface area contributed by atoms with E-state index in [2.05, 4.69) is 20.2 Å². The molecule has 0 bridgehead atoms. The third-order valence-corrected chi connectivity index (χ3v) is 3.81. The first-order valence-corrected chi connectivity index (χ1v) is 6.38. The van der Waals surface area contributed by atoms with Gasteiger partial charge in [0.25, 0.3) is 0 Å². The minimum Gasteiger partial charge on any atom is -0.382 e. The molecule has 1 saturated heterocycles. The Kier molecular flexibility index (Phi) is 2.80. The molecular formula is C11H16ClN5. The Labute approximate surface area is 105 Å². The SMILES string of the molecule is Nc1ncnc(NC2CCN(C3CC3)C2)c1Cl. The molecule has 2 aliphatic rings. The molecule has 6 heteroatoms. The van der Waals surface area contributed by atoms with Gasteiger partial charge < -0.3 is 11.1 Å². The van der Waals surface area contributed by atoms with Crippen LogP contribution >= 0.6 is 11.6 Å². The van der Waals surface area contributed by atoms with Gasteiger partial charge in [-0.25, -0.2) is 9.97 Å². The Balaban J connectivity index is 1.65. The van der Waals surface area contributed by atoms with Gasteiger partial charge in [-0.15, -0.1) is 0 Å². The number of nitrogens with zero attached hydrogens (tertiary/aromatic N) is 3. The monoisotopic (exact) mass is 253 g/mol. The number of halogens is 1. The molecule has 1 atom stereocenters. The molecular weight excluding hydrogens is 238 g/mol. The highest BCUT2D eigenvalue weighted by molar-refractivity contribution is 6.35. The summed E-state index contributed by atoms with van der Waals surface area (Å²) in [5, 5.41) is 3.79. The van der Waals surface area contributed by atoms with Crippen LogP contribution in [0.1, 0.15) is 19.3 Å². The largest absolute Gasteiger partial charge is 0.382 e. The summed E-state index contributed by atoms with van der Waals surface area (Å²) < 4.78 is 0. The third kappa shape index (κ3) is 2.30. The molecule has 0 aromatic carbocycles. The standard InChI is InChI=1S/C11H16ClN5/c12-9-10(13)14-6-15-11(9)16-7-3-4-17(5-7)8-1-2-8/h6-8H,1-5H2,(H3,13,14,15,16). The normalized spacial score (nSPS) is 25.1. The number of nitrogens with one attached hydrogen (secondary N) is 1. The lowest BCUT2D eigenvalue weighted by molar-refractivity contribution is 0.326. The van der Waals surface area contributed by atoms with E-state index < -0.39 is 0 Å². The second-order valence-corrected chi connectivity index (χ2v) is 5.16. The fourth-order valence-electron chi connectivity index (χ4n) is 2.35. The van der Waals surface area contributed by atoms with Crippen LogP contribution in [0.5, 0.6) is 0 Å². The number of likely N-dealkylation sites (tertiary alicyclic amines) is 1. The molecule has 0 amide bonds. The average molecular weight is 254 g/mol. The molecule has 3 rings (SSSR count). The zero-order valence-corrected chi connectivity index (χ0v) is 10.3. The van der Waals surface area contributed by atoms with Crippen molar-refractivity contribution in [3.05, 3.63) is 11.3 Å². The van der Waals surface area contributed by atoms with Gasteiger partial charge in [0.15, 0.2) is 5.82 Å². The maximum absolute atomic E-state index is 6.06. The highest BCUT2D eigenvalue weighted by Gasteiger charge is 2.34. The van der Waals surface area contributed by atoms with Crippen molar-refractivity contribution in [3.8, 4) is 0 Å².